The van der Waals surface area contributed by atoms with Crippen LogP contribution in [0.25, 0.3) is 0 Å². The van der Waals surface area contributed by atoms with Gasteiger partial charge in [-0.05, 0) is 43.4 Å². The van der Waals surface area contributed by atoms with Gasteiger partial charge < -0.3 is 4.74 Å². The first-order valence-electron chi connectivity index (χ1n) is 6.76. The second kappa shape index (κ2) is 2.98. The molecule has 2 nitrogen and oxygen atoms in total. The Morgan fingerprint density at radius 3 is 2.60 bits per heavy atom. The summed E-state index contributed by atoms with van der Waals surface area (Å²) < 4.78 is 5.49. The molecule has 84 valence electrons. The van der Waals surface area contributed by atoms with Crippen molar-refractivity contribution >= 4 is 0 Å². The van der Waals surface area contributed by atoms with Crippen molar-refractivity contribution in [1.82, 2.24) is 4.90 Å². The maximum atomic E-state index is 5.49. The fourth-order valence-corrected chi connectivity index (χ4v) is 4.70. The summed E-state index contributed by atoms with van der Waals surface area (Å²) in [7, 11) is 0. The number of rotatable bonds is 2. The molecule has 1 aliphatic heterocycles. The fourth-order valence-electron chi connectivity index (χ4n) is 4.70. The van der Waals surface area contributed by atoms with Crippen molar-refractivity contribution in [2.75, 3.05) is 26.3 Å². The van der Waals surface area contributed by atoms with Crippen LogP contribution in [-0.4, -0.2) is 36.7 Å². The first-order chi connectivity index (χ1) is 7.43. The molecule has 0 aromatic rings. The average molecular weight is 207 g/mol. The highest BCUT2D eigenvalue weighted by atomic mass is 16.5. The van der Waals surface area contributed by atoms with Gasteiger partial charge in [-0.25, -0.2) is 0 Å². The minimum absolute atomic E-state index is 0.685. The summed E-state index contributed by atoms with van der Waals surface area (Å²) >= 11 is 0. The van der Waals surface area contributed by atoms with Crippen LogP contribution in [0, 0.1) is 17.8 Å². The van der Waals surface area contributed by atoms with Gasteiger partial charge in [-0.1, -0.05) is 6.42 Å². The van der Waals surface area contributed by atoms with Gasteiger partial charge >= 0.3 is 0 Å². The Balaban J connectivity index is 1.56. The van der Waals surface area contributed by atoms with E-state index in [2.05, 4.69) is 4.90 Å². The van der Waals surface area contributed by atoms with E-state index in [1.165, 1.54) is 45.2 Å². The molecule has 1 saturated heterocycles. The standard InChI is InChI=1S/C13H21NO/c1-2-11-12(10-3-4-10)13(11,5-1)14-6-8-15-9-7-14/h10-12H,1-9H2. The van der Waals surface area contributed by atoms with Gasteiger partial charge in [-0.15, -0.1) is 0 Å². The number of fused-ring (bicyclic) bond motifs is 1. The first kappa shape index (κ1) is 9.00. The molecule has 0 bridgehead atoms. The summed E-state index contributed by atoms with van der Waals surface area (Å²) in [5.74, 6) is 3.31. The maximum absolute atomic E-state index is 5.49. The lowest BCUT2D eigenvalue weighted by Gasteiger charge is -2.35. The molecule has 1 heterocycles. The molecule has 3 aliphatic carbocycles. The summed E-state index contributed by atoms with van der Waals surface area (Å²) in [5, 5.41) is 0. The van der Waals surface area contributed by atoms with Crippen molar-refractivity contribution in [2.24, 2.45) is 17.8 Å². The van der Waals surface area contributed by atoms with Gasteiger partial charge in [-0.3, -0.25) is 4.90 Å². The Morgan fingerprint density at radius 1 is 1.07 bits per heavy atom. The SMILES string of the molecule is C1CC2C(C3CC3)C2(N2CCOCC2)C1. The van der Waals surface area contributed by atoms with Crippen molar-refractivity contribution in [2.45, 2.75) is 37.6 Å². The normalized spacial score (nSPS) is 50.4. The highest BCUT2D eigenvalue weighted by Gasteiger charge is 2.72. The molecule has 0 aromatic heterocycles. The van der Waals surface area contributed by atoms with Gasteiger partial charge in [0.1, 0.15) is 0 Å². The van der Waals surface area contributed by atoms with Gasteiger partial charge in [0.2, 0.25) is 0 Å². The van der Waals surface area contributed by atoms with Crippen molar-refractivity contribution in [3.63, 3.8) is 0 Å². The van der Waals surface area contributed by atoms with Gasteiger partial charge in [0.15, 0.2) is 0 Å². The third kappa shape index (κ3) is 1.13. The summed E-state index contributed by atoms with van der Waals surface area (Å²) in [6.45, 7) is 4.37. The maximum Gasteiger partial charge on any atom is 0.0594 e. The molecule has 0 spiro atoms. The third-order valence-electron chi connectivity index (χ3n) is 5.37. The molecule has 4 aliphatic rings. The van der Waals surface area contributed by atoms with Crippen molar-refractivity contribution in [3.8, 4) is 0 Å². The Hall–Kier alpha value is -0.0800. The average Bonchev–Trinajstić information content (AvgIpc) is 3.17. The molecule has 0 radical (unpaired) electrons. The molecule has 0 N–H and O–H groups in total. The van der Waals surface area contributed by atoms with Gasteiger partial charge in [0.25, 0.3) is 0 Å². The molecule has 3 unspecified atom stereocenters. The van der Waals surface area contributed by atoms with Crippen molar-refractivity contribution in [3.05, 3.63) is 0 Å². The quantitative estimate of drug-likeness (QED) is 0.685. The van der Waals surface area contributed by atoms with E-state index in [0.29, 0.717) is 5.54 Å². The Morgan fingerprint density at radius 2 is 1.87 bits per heavy atom. The van der Waals surface area contributed by atoms with Crippen molar-refractivity contribution < 1.29 is 4.74 Å². The zero-order valence-corrected chi connectivity index (χ0v) is 9.45. The Labute approximate surface area is 92.0 Å². The van der Waals surface area contributed by atoms with E-state index >= 15 is 0 Å². The van der Waals surface area contributed by atoms with Crippen LogP contribution in [0.5, 0.6) is 0 Å². The molecular weight excluding hydrogens is 186 g/mol. The molecular formula is C13H21NO. The predicted octanol–water partition coefficient (Wildman–Crippen LogP) is 1.90. The van der Waals surface area contributed by atoms with Crippen LogP contribution in [0.2, 0.25) is 0 Å². The molecule has 3 atom stereocenters. The van der Waals surface area contributed by atoms with E-state index < -0.39 is 0 Å². The second-order valence-electron chi connectivity index (χ2n) is 5.95. The molecule has 4 rings (SSSR count). The van der Waals surface area contributed by atoms with E-state index in [1.54, 1.807) is 0 Å². The van der Waals surface area contributed by atoms with Crippen LogP contribution >= 0.6 is 0 Å². The lowest BCUT2D eigenvalue weighted by atomic mass is 10.0. The summed E-state index contributed by atoms with van der Waals surface area (Å²) in [4.78, 5) is 2.80. The third-order valence-corrected chi connectivity index (χ3v) is 5.37. The van der Waals surface area contributed by atoms with Crippen LogP contribution in [0.4, 0.5) is 0 Å². The molecule has 2 heteroatoms. The van der Waals surface area contributed by atoms with E-state index in [-0.39, 0.29) is 0 Å². The molecule has 3 saturated carbocycles. The molecule has 0 amide bonds. The lowest BCUT2D eigenvalue weighted by Crippen LogP contribution is -2.46. The number of nitrogens with zero attached hydrogens (tertiary/aromatic N) is 1. The molecule has 4 fully saturated rings. The zero-order chi connectivity index (χ0) is 9.88. The van der Waals surface area contributed by atoms with Gasteiger partial charge in [0.05, 0.1) is 13.2 Å². The Bertz CT molecular complexity index is 270. The second-order valence-corrected chi connectivity index (χ2v) is 5.95. The minimum atomic E-state index is 0.685. The molecule has 15 heavy (non-hydrogen) atoms. The van der Waals surface area contributed by atoms with Crippen LogP contribution in [0.1, 0.15) is 32.1 Å². The number of hydrogen-bond donors (Lipinski definition) is 0. The first-order valence-corrected chi connectivity index (χ1v) is 6.76. The van der Waals surface area contributed by atoms with E-state index in [4.69, 9.17) is 4.74 Å². The van der Waals surface area contributed by atoms with Gasteiger partial charge in [0, 0.05) is 18.6 Å². The number of ether oxygens (including phenoxy) is 1. The van der Waals surface area contributed by atoms with Crippen LogP contribution in [0.15, 0.2) is 0 Å². The largest absolute Gasteiger partial charge is 0.379 e. The van der Waals surface area contributed by atoms with E-state index in [0.717, 1.165) is 31.0 Å². The van der Waals surface area contributed by atoms with Gasteiger partial charge in [-0.2, -0.15) is 0 Å². The summed E-state index contributed by atoms with van der Waals surface area (Å²) in [6.07, 6.45) is 7.59. The topological polar surface area (TPSA) is 12.5 Å². The summed E-state index contributed by atoms with van der Waals surface area (Å²) in [5.41, 5.74) is 0.685. The zero-order valence-electron chi connectivity index (χ0n) is 9.45. The van der Waals surface area contributed by atoms with Crippen LogP contribution in [0.3, 0.4) is 0 Å². The smallest absolute Gasteiger partial charge is 0.0594 e. The highest BCUT2D eigenvalue weighted by molar-refractivity contribution is 5.25. The monoisotopic (exact) mass is 207 g/mol. The molecule has 0 aromatic carbocycles. The Kier molecular flexibility index (Phi) is 1.79. The number of morpholine rings is 1. The van der Waals surface area contributed by atoms with E-state index in [1.807, 2.05) is 0 Å². The predicted molar refractivity (Wildman–Crippen MR) is 58.7 cm³/mol. The lowest BCUT2D eigenvalue weighted by molar-refractivity contribution is 0.00271. The highest BCUT2D eigenvalue weighted by Crippen LogP contribution is 2.71. The van der Waals surface area contributed by atoms with E-state index in [9.17, 15) is 0 Å². The summed E-state index contributed by atoms with van der Waals surface area (Å²) in [6, 6.07) is 0. The number of hydrogen-bond acceptors (Lipinski definition) is 2. The van der Waals surface area contributed by atoms with Crippen LogP contribution in [-0.2, 0) is 4.74 Å². The minimum Gasteiger partial charge on any atom is -0.379 e. The van der Waals surface area contributed by atoms with Crippen LogP contribution < -0.4 is 0 Å². The fraction of sp³-hybridized carbons (Fsp3) is 1.00. The van der Waals surface area contributed by atoms with Crippen molar-refractivity contribution in [1.29, 1.82) is 0 Å².